The van der Waals surface area contributed by atoms with Gasteiger partial charge >= 0.3 is 0 Å². The quantitative estimate of drug-likeness (QED) is 0.614. The molecule has 0 aliphatic heterocycles. The number of fused-ring (bicyclic) bond motifs is 1. The minimum Gasteiger partial charge on any atom is -0.345 e. The van der Waals surface area contributed by atoms with Gasteiger partial charge < -0.3 is 5.32 Å². The van der Waals surface area contributed by atoms with Crippen molar-refractivity contribution in [2.24, 2.45) is 0 Å². The van der Waals surface area contributed by atoms with Gasteiger partial charge in [-0.1, -0.05) is 30.3 Å². The van der Waals surface area contributed by atoms with Crippen molar-refractivity contribution in [1.82, 2.24) is 24.9 Å². The molecule has 1 amide bonds. The lowest BCUT2D eigenvalue weighted by atomic mass is 10.1. The highest BCUT2D eigenvalue weighted by molar-refractivity contribution is 7.09. The van der Waals surface area contributed by atoms with Crippen LogP contribution in [0, 0.1) is 6.92 Å². The molecule has 7 heteroatoms. The molecule has 3 aromatic heterocycles. The zero-order chi connectivity index (χ0) is 17.2. The first-order valence-corrected chi connectivity index (χ1v) is 8.68. The number of thiazole rings is 1. The summed E-state index contributed by atoms with van der Waals surface area (Å²) in [4.78, 5) is 21.2. The van der Waals surface area contributed by atoms with Crippen LogP contribution in [0.5, 0.6) is 0 Å². The van der Waals surface area contributed by atoms with E-state index >= 15 is 0 Å². The van der Waals surface area contributed by atoms with Crippen LogP contribution in [-0.2, 0) is 6.54 Å². The number of carbonyl (C=O) groups excluding carboxylic acids is 1. The summed E-state index contributed by atoms with van der Waals surface area (Å²) < 4.78 is 1.69. The minimum atomic E-state index is -0.208. The van der Waals surface area contributed by atoms with Gasteiger partial charge in [0.25, 0.3) is 5.91 Å². The van der Waals surface area contributed by atoms with E-state index in [0.717, 1.165) is 22.0 Å². The van der Waals surface area contributed by atoms with Crippen molar-refractivity contribution in [2.45, 2.75) is 13.5 Å². The molecule has 0 fully saturated rings. The van der Waals surface area contributed by atoms with Crippen molar-refractivity contribution in [1.29, 1.82) is 0 Å². The Morgan fingerprint density at radius 1 is 1.24 bits per heavy atom. The fraction of sp³-hybridized carbons (Fsp3) is 0.111. The van der Waals surface area contributed by atoms with E-state index in [-0.39, 0.29) is 5.91 Å². The first-order chi connectivity index (χ1) is 12.2. The molecule has 0 saturated heterocycles. The first-order valence-electron chi connectivity index (χ1n) is 7.80. The Hall–Kier alpha value is -3.06. The molecule has 0 saturated carbocycles. The predicted molar refractivity (Wildman–Crippen MR) is 96.4 cm³/mol. The molecule has 0 atom stereocenters. The Bertz CT molecular complexity index is 1040. The Labute approximate surface area is 148 Å². The minimum absolute atomic E-state index is 0.208. The van der Waals surface area contributed by atoms with Gasteiger partial charge in [-0.2, -0.15) is 5.10 Å². The molecule has 4 aromatic rings. The number of hydrogen-bond acceptors (Lipinski definition) is 5. The van der Waals surface area contributed by atoms with Gasteiger partial charge in [0.05, 0.1) is 18.4 Å². The lowest BCUT2D eigenvalue weighted by Crippen LogP contribution is -2.22. The van der Waals surface area contributed by atoms with Crippen molar-refractivity contribution in [3.63, 3.8) is 0 Å². The van der Waals surface area contributed by atoms with Gasteiger partial charge in [0.2, 0.25) is 0 Å². The maximum atomic E-state index is 12.5. The Balaban J connectivity index is 1.63. The molecule has 0 bridgehead atoms. The molecule has 0 unspecified atom stereocenters. The lowest BCUT2D eigenvalue weighted by Gasteiger charge is -2.05. The SMILES string of the molecule is Cc1csc(CNC(=O)c2cnn3c(-c4ccccc4)ccnc23)n1. The summed E-state index contributed by atoms with van der Waals surface area (Å²) in [6.07, 6.45) is 3.25. The van der Waals surface area contributed by atoms with Crippen LogP contribution in [0.4, 0.5) is 0 Å². The molecule has 6 nitrogen and oxygen atoms in total. The molecule has 1 aromatic carbocycles. The van der Waals surface area contributed by atoms with Gasteiger partial charge in [-0.3, -0.25) is 4.79 Å². The van der Waals surface area contributed by atoms with Gasteiger partial charge in [-0.15, -0.1) is 11.3 Å². The molecule has 0 spiro atoms. The smallest absolute Gasteiger partial charge is 0.257 e. The molecule has 124 valence electrons. The number of nitrogens with one attached hydrogen (secondary N) is 1. The number of rotatable bonds is 4. The molecule has 0 radical (unpaired) electrons. The summed E-state index contributed by atoms with van der Waals surface area (Å²) >= 11 is 1.53. The number of nitrogens with zero attached hydrogens (tertiary/aromatic N) is 4. The Morgan fingerprint density at radius 2 is 2.08 bits per heavy atom. The molecular weight excluding hydrogens is 334 g/mol. The molecule has 4 rings (SSSR count). The van der Waals surface area contributed by atoms with Gasteiger partial charge in [0.1, 0.15) is 10.6 Å². The van der Waals surface area contributed by atoms with Crippen LogP contribution in [0.2, 0.25) is 0 Å². The van der Waals surface area contributed by atoms with Crippen LogP contribution in [0.25, 0.3) is 16.9 Å². The normalized spacial score (nSPS) is 10.9. The second-order valence-electron chi connectivity index (χ2n) is 5.56. The summed E-state index contributed by atoms with van der Waals surface area (Å²) in [5.74, 6) is -0.208. The van der Waals surface area contributed by atoms with E-state index in [4.69, 9.17) is 0 Å². The van der Waals surface area contributed by atoms with E-state index in [2.05, 4.69) is 20.4 Å². The van der Waals surface area contributed by atoms with Crippen LogP contribution in [0.3, 0.4) is 0 Å². The third-order valence-corrected chi connectivity index (χ3v) is 4.75. The monoisotopic (exact) mass is 349 g/mol. The fourth-order valence-corrected chi connectivity index (χ4v) is 3.33. The standard InChI is InChI=1S/C18H15N5OS/c1-12-11-25-16(22-12)10-20-18(24)14-9-21-23-15(7-8-19-17(14)23)13-5-3-2-4-6-13/h2-9,11H,10H2,1H3,(H,20,24). The molecule has 3 heterocycles. The predicted octanol–water partition coefficient (Wildman–Crippen LogP) is 3.09. The van der Waals surface area contributed by atoms with Crippen molar-refractivity contribution < 1.29 is 4.79 Å². The highest BCUT2D eigenvalue weighted by atomic mass is 32.1. The maximum Gasteiger partial charge on any atom is 0.257 e. The third-order valence-electron chi connectivity index (χ3n) is 3.78. The number of aromatic nitrogens is 4. The van der Waals surface area contributed by atoms with Crippen LogP contribution in [-0.4, -0.2) is 25.5 Å². The van der Waals surface area contributed by atoms with E-state index in [1.54, 1.807) is 16.9 Å². The highest BCUT2D eigenvalue weighted by Crippen LogP contribution is 2.20. The average molecular weight is 349 g/mol. The third kappa shape index (κ3) is 3.01. The van der Waals surface area contributed by atoms with Crippen molar-refractivity contribution >= 4 is 22.9 Å². The van der Waals surface area contributed by atoms with Gasteiger partial charge in [-0.05, 0) is 13.0 Å². The first kappa shape index (κ1) is 15.5. The van der Waals surface area contributed by atoms with Crippen LogP contribution < -0.4 is 5.32 Å². The number of hydrogen-bond donors (Lipinski definition) is 1. The van der Waals surface area contributed by atoms with Gasteiger partial charge in [0, 0.05) is 22.8 Å². The van der Waals surface area contributed by atoms with Gasteiger partial charge in [-0.25, -0.2) is 14.5 Å². The maximum absolute atomic E-state index is 12.5. The molecule has 0 aliphatic rings. The van der Waals surface area contributed by atoms with E-state index in [1.807, 2.05) is 48.7 Å². The summed E-state index contributed by atoms with van der Waals surface area (Å²) in [5.41, 5.74) is 3.85. The van der Waals surface area contributed by atoms with Crippen LogP contribution in [0.1, 0.15) is 21.1 Å². The number of amides is 1. The molecule has 1 N–H and O–H groups in total. The summed E-state index contributed by atoms with van der Waals surface area (Å²) in [5, 5.41) is 10.1. The second-order valence-corrected chi connectivity index (χ2v) is 6.50. The van der Waals surface area contributed by atoms with Crippen LogP contribution >= 0.6 is 11.3 Å². The highest BCUT2D eigenvalue weighted by Gasteiger charge is 2.16. The zero-order valence-electron chi connectivity index (χ0n) is 13.5. The number of benzene rings is 1. The zero-order valence-corrected chi connectivity index (χ0v) is 14.3. The fourth-order valence-electron chi connectivity index (χ4n) is 2.61. The van der Waals surface area contributed by atoms with Crippen molar-refractivity contribution in [2.75, 3.05) is 0 Å². The number of aryl methyl sites for hydroxylation is 1. The van der Waals surface area contributed by atoms with E-state index < -0.39 is 0 Å². The lowest BCUT2D eigenvalue weighted by molar-refractivity contribution is 0.0952. The molecular formula is C18H15N5OS. The van der Waals surface area contributed by atoms with Crippen molar-refractivity contribution in [3.05, 3.63) is 70.4 Å². The largest absolute Gasteiger partial charge is 0.345 e. The van der Waals surface area contributed by atoms with Gasteiger partial charge in [0.15, 0.2) is 5.65 Å². The van der Waals surface area contributed by atoms with E-state index in [0.29, 0.717) is 17.8 Å². The van der Waals surface area contributed by atoms with Crippen LogP contribution in [0.15, 0.2) is 54.2 Å². The number of carbonyl (C=O) groups is 1. The Morgan fingerprint density at radius 3 is 2.84 bits per heavy atom. The average Bonchev–Trinajstić information content (AvgIpc) is 3.26. The molecule has 25 heavy (non-hydrogen) atoms. The summed E-state index contributed by atoms with van der Waals surface area (Å²) in [7, 11) is 0. The van der Waals surface area contributed by atoms with Crippen molar-refractivity contribution in [3.8, 4) is 11.3 Å². The second kappa shape index (κ2) is 6.45. The van der Waals surface area contributed by atoms with E-state index in [9.17, 15) is 4.79 Å². The Kier molecular flexibility index (Phi) is 3.99. The summed E-state index contributed by atoms with van der Waals surface area (Å²) in [6.45, 7) is 2.33. The topological polar surface area (TPSA) is 72.2 Å². The van der Waals surface area contributed by atoms with E-state index in [1.165, 1.54) is 11.3 Å². The summed E-state index contributed by atoms with van der Waals surface area (Å²) in [6, 6.07) is 11.8. The molecule has 0 aliphatic carbocycles.